The molecular weight excluding hydrogens is 362 g/mol. The zero-order valence-electron chi connectivity index (χ0n) is 15.0. The van der Waals surface area contributed by atoms with Crippen LogP contribution in [0.15, 0.2) is 57.9 Å². The number of aryl methyl sites for hydroxylation is 3. The summed E-state index contributed by atoms with van der Waals surface area (Å²) in [6, 6.07) is 14.2. The Labute approximate surface area is 158 Å². The third kappa shape index (κ3) is 3.98. The first kappa shape index (κ1) is 17.6. The van der Waals surface area contributed by atoms with Crippen LogP contribution >= 0.6 is 0 Å². The molecule has 140 valence electrons. The Morgan fingerprint density at radius 3 is 2.33 bits per heavy atom. The first-order valence-electron chi connectivity index (χ1n) is 8.95. The van der Waals surface area contributed by atoms with Gasteiger partial charge in [0.2, 0.25) is 0 Å². The van der Waals surface area contributed by atoms with E-state index < -0.39 is 10.0 Å². The van der Waals surface area contributed by atoms with Crippen LogP contribution in [0.25, 0.3) is 0 Å². The molecule has 2 N–H and O–H groups in total. The number of nitrogens with one attached hydrogen (secondary N) is 2. The highest BCUT2D eigenvalue weighted by atomic mass is 32.2. The van der Waals surface area contributed by atoms with E-state index in [2.05, 4.69) is 15.2 Å². The van der Waals surface area contributed by atoms with E-state index in [1.807, 2.05) is 13.0 Å². The highest BCUT2D eigenvalue weighted by Crippen LogP contribution is 2.26. The van der Waals surface area contributed by atoms with E-state index in [1.165, 1.54) is 12.0 Å². The van der Waals surface area contributed by atoms with Gasteiger partial charge in [0, 0.05) is 17.4 Å². The van der Waals surface area contributed by atoms with Gasteiger partial charge in [0.15, 0.2) is 5.82 Å². The monoisotopic (exact) mass is 383 g/mol. The molecule has 3 aromatic rings. The summed E-state index contributed by atoms with van der Waals surface area (Å²) in [6.07, 6.45) is 4.26. The summed E-state index contributed by atoms with van der Waals surface area (Å²) in [5.41, 5.74) is 3.71. The molecule has 2 aromatic carbocycles. The topological polar surface area (TPSA) is 84.2 Å². The third-order valence-corrected chi connectivity index (χ3v) is 6.05. The summed E-state index contributed by atoms with van der Waals surface area (Å²) in [4.78, 5) is 0.309. The fourth-order valence-electron chi connectivity index (χ4n) is 3.29. The van der Waals surface area contributed by atoms with Crippen LogP contribution in [-0.2, 0) is 22.9 Å². The summed E-state index contributed by atoms with van der Waals surface area (Å²) in [5, 5.41) is 6.97. The molecule has 0 radical (unpaired) electrons. The highest BCUT2D eigenvalue weighted by Gasteiger charge is 2.18. The maximum absolute atomic E-state index is 12.7. The van der Waals surface area contributed by atoms with Gasteiger partial charge in [-0.25, -0.2) is 8.42 Å². The lowest BCUT2D eigenvalue weighted by atomic mass is 9.92. The van der Waals surface area contributed by atoms with Crippen LogP contribution in [0.4, 0.5) is 17.2 Å². The van der Waals surface area contributed by atoms with Gasteiger partial charge in [-0.2, -0.15) is 0 Å². The molecule has 1 aromatic heterocycles. The standard InChI is InChI=1S/C20H21N3O3S/c1-14-12-20(22-26-14)21-17-7-9-18(10-8-17)23-27(24,25)19-11-6-15-4-2-3-5-16(15)13-19/h6-13,23H,2-5H2,1H3,(H,21,22). The van der Waals surface area contributed by atoms with Gasteiger partial charge in [-0.15, -0.1) is 0 Å². The third-order valence-electron chi connectivity index (χ3n) is 4.67. The summed E-state index contributed by atoms with van der Waals surface area (Å²) < 4.78 is 33.1. The van der Waals surface area contributed by atoms with E-state index >= 15 is 0 Å². The average molecular weight is 383 g/mol. The molecule has 7 heteroatoms. The SMILES string of the molecule is Cc1cc(Nc2ccc(NS(=O)(=O)c3ccc4c(c3)CCCC4)cc2)no1. The number of hydrogen-bond donors (Lipinski definition) is 2. The first-order valence-corrected chi connectivity index (χ1v) is 10.4. The van der Waals surface area contributed by atoms with E-state index in [1.54, 1.807) is 42.5 Å². The summed E-state index contributed by atoms with van der Waals surface area (Å²) in [6.45, 7) is 1.82. The Morgan fingerprint density at radius 1 is 0.926 bits per heavy atom. The minimum Gasteiger partial charge on any atom is -0.360 e. The van der Waals surface area contributed by atoms with Gasteiger partial charge in [-0.3, -0.25) is 4.72 Å². The van der Waals surface area contributed by atoms with E-state index in [0.717, 1.165) is 30.5 Å². The molecule has 6 nitrogen and oxygen atoms in total. The van der Waals surface area contributed by atoms with Crippen molar-refractivity contribution in [3.63, 3.8) is 0 Å². The van der Waals surface area contributed by atoms with Crippen LogP contribution < -0.4 is 10.0 Å². The van der Waals surface area contributed by atoms with Gasteiger partial charge in [-0.1, -0.05) is 11.2 Å². The minimum absolute atomic E-state index is 0.309. The molecule has 1 aliphatic rings. The van der Waals surface area contributed by atoms with Crippen LogP contribution in [0, 0.1) is 6.92 Å². The van der Waals surface area contributed by atoms with Crippen molar-refractivity contribution in [1.82, 2.24) is 5.16 Å². The molecule has 0 saturated heterocycles. The lowest BCUT2D eigenvalue weighted by molar-refractivity contribution is 0.400. The molecule has 1 aliphatic carbocycles. The Hall–Kier alpha value is -2.80. The molecule has 27 heavy (non-hydrogen) atoms. The van der Waals surface area contributed by atoms with Crippen molar-refractivity contribution in [2.24, 2.45) is 0 Å². The molecule has 0 unspecified atom stereocenters. The Kier molecular flexibility index (Phi) is 4.61. The van der Waals surface area contributed by atoms with E-state index in [9.17, 15) is 8.42 Å². The molecule has 0 fully saturated rings. The summed E-state index contributed by atoms with van der Waals surface area (Å²) in [5.74, 6) is 1.32. The molecular formula is C20H21N3O3S. The molecule has 1 heterocycles. The van der Waals surface area contributed by atoms with Crippen molar-refractivity contribution in [2.75, 3.05) is 10.0 Å². The van der Waals surface area contributed by atoms with Crippen LogP contribution in [0.2, 0.25) is 0 Å². The average Bonchev–Trinajstić information content (AvgIpc) is 3.07. The van der Waals surface area contributed by atoms with E-state index in [0.29, 0.717) is 22.2 Å². The van der Waals surface area contributed by atoms with E-state index in [-0.39, 0.29) is 0 Å². The van der Waals surface area contributed by atoms with Crippen molar-refractivity contribution in [3.05, 3.63) is 65.4 Å². The quantitative estimate of drug-likeness (QED) is 0.682. The predicted octanol–water partition coefficient (Wildman–Crippen LogP) is 4.41. The molecule has 0 atom stereocenters. The molecule has 0 saturated carbocycles. The maximum atomic E-state index is 12.7. The van der Waals surface area contributed by atoms with Crippen molar-refractivity contribution >= 4 is 27.2 Å². The normalized spacial score (nSPS) is 13.8. The van der Waals surface area contributed by atoms with Crippen molar-refractivity contribution in [1.29, 1.82) is 0 Å². The molecule has 0 spiro atoms. The fourth-order valence-corrected chi connectivity index (χ4v) is 4.39. The second-order valence-corrected chi connectivity index (χ2v) is 8.45. The van der Waals surface area contributed by atoms with Gasteiger partial charge in [0.05, 0.1) is 4.90 Å². The number of anilines is 3. The highest BCUT2D eigenvalue weighted by molar-refractivity contribution is 7.92. The Morgan fingerprint density at radius 2 is 1.63 bits per heavy atom. The minimum atomic E-state index is -3.61. The lowest BCUT2D eigenvalue weighted by Crippen LogP contribution is -2.14. The zero-order valence-corrected chi connectivity index (χ0v) is 15.8. The van der Waals surface area contributed by atoms with Gasteiger partial charge >= 0.3 is 0 Å². The smallest absolute Gasteiger partial charge is 0.261 e. The van der Waals surface area contributed by atoms with Crippen LogP contribution in [-0.4, -0.2) is 13.6 Å². The summed E-state index contributed by atoms with van der Waals surface area (Å²) >= 11 is 0. The molecule has 0 amide bonds. The number of benzene rings is 2. The van der Waals surface area contributed by atoms with Crippen molar-refractivity contribution < 1.29 is 12.9 Å². The molecule has 0 aliphatic heterocycles. The van der Waals surface area contributed by atoms with Crippen LogP contribution in [0.3, 0.4) is 0 Å². The van der Waals surface area contributed by atoms with Gasteiger partial charge in [0.1, 0.15) is 5.76 Å². The van der Waals surface area contributed by atoms with Crippen LogP contribution in [0.5, 0.6) is 0 Å². The number of fused-ring (bicyclic) bond motifs is 1. The Balaban J connectivity index is 1.49. The Bertz CT molecular complexity index is 1060. The summed E-state index contributed by atoms with van der Waals surface area (Å²) in [7, 11) is -3.61. The maximum Gasteiger partial charge on any atom is 0.261 e. The fraction of sp³-hybridized carbons (Fsp3) is 0.250. The zero-order chi connectivity index (χ0) is 18.9. The number of aromatic nitrogens is 1. The van der Waals surface area contributed by atoms with Crippen LogP contribution in [0.1, 0.15) is 29.7 Å². The predicted molar refractivity (Wildman–Crippen MR) is 105 cm³/mol. The molecule has 0 bridgehead atoms. The largest absolute Gasteiger partial charge is 0.360 e. The van der Waals surface area contributed by atoms with Gasteiger partial charge < -0.3 is 9.84 Å². The van der Waals surface area contributed by atoms with Crippen molar-refractivity contribution in [2.45, 2.75) is 37.5 Å². The second-order valence-electron chi connectivity index (χ2n) is 6.77. The number of sulfonamides is 1. The van der Waals surface area contributed by atoms with Crippen molar-refractivity contribution in [3.8, 4) is 0 Å². The number of nitrogens with zero attached hydrogens (tertiary/aromatic N) is 1. The second kappa shape index (κ2) is 7.08. The van der Waals surface area contributed by atoms with Gasteiger partial charge in [-0.05, 0) is 80.1 Å². The first-order chi connectivity index (χ1) is 13.0. The van der Waals surface area contributed by atoms with Gasteiger partial charge in [0.25, 0.3) is 10.0 Å². The number of hydrogen-bond acceptors (Lipinski definition) is 5. The van der Waals surface area contributed by atoms with E-state index in [4.69, 9.17) is 4.52 Å². The lowest BCUT2D eigenvalue weighted by Gasteiger charge is -2.17. The number of rotatable bonds is 5. The molecule has 4 rings (SSSR count).